The predicted molar refractivity (Wildman–Crippen MR) is 130 cm³/mol. The molecule has 2 amide bonds. The summed E-state index contributed by atoms with van der Waals surface area (Å²) in [4.78, 5) is 27.0. The lowest BCUT2D eigenvalue weighted by molar-refractivity contribution is -0.123. The molecule has 0 saturated carbocycles. The maximum absolute atomic E-state index is 13.4. The van der Waals surface area contributed by atoms with Crippen molar-refractivity contribution < 1.29 is 18.4 Å². The zero-order valence-corrected chi connectivity index (χ0v) is 19.2. The summed E-state index contributed by atoms with van der Waals surface area (Å²) in [7, 11) is 0. The second kappa shape index (κ2) is 9.08. The smallest absolute Gasteiger partial charge is 0.293 e. The number of para-hydroxylation sites is 1. The Hall–Kier alpha value is -3.42. The summed E-state index contributed by atoms with van der Waals surface area (Å²) in [5.41, 5.74) is 3.12. The van der Waals surface area contributed by atoms with E-state index in [1.165, 1.54) is 24.3 Å². The Morgan fingerprint density at radius 2 is 1.65 bits per heavy atom. The molecule has 1 fully saturated rings. The number of halogens is 3. The molecule has 0 N–H and O–H groups in total. The van der Waals surface area contributed by atoms with Crippen LogP contribution in [0, 0.1) is 11.6 Å². The van der Waals surface area contributed by atoms with Crippen LogP contribution in [0.4, 0.5) is 13.6 Å². The number of imide groups is 1. The number of hydrogen-bond donors (Lipinski definition) is 0. The van der Waals surface area contributed by atoms with E-state index in [1.54, 1.807) is 24.3 Å². The molecule has 1 saturated heterocycles. The van der Waals surface area contributed by atoms with E-state index < -0.39 is 11.7 Å². The summed E-state index contributed by atoms with van der Waals surface area (Å²) in [6.45, 7) is 0.493. The molecule has 0 spiro atoms. The van der Waals surface area contributed by atoms with Gasteiger partial charge in [-0.3, -0.25) is 14.5 Å². The minimum Gasteiger partial charge on any atom is -0.342 e. The Balaban J connectivity index is 1.46. The molecule has 3 aromatic carbocycles. The van der Waals surface area contributed by atoms with E-state index in [9.17, 15) is 18.4 Å². The molecule has 1 aliphatic heterocycles. The predicted octanol–water partition coefficient (Wildman–Crippen LogP) is 6.86. The molecular weight excluding hydrogens is 478 g/mol. The van der Waals surface area contributed by atoms with Crippen LogP contribution in [0.15, 0.2) is 77.8 Å². The second-order valence-corrected chi connectivity index (χ2v) is 9.26. The van der Waals surface area contributed by atoms with Gasteiger partial charge in [-0.05, 0) is 59.3 Å². The molecule has 2 heterocycles. The van der Waals surface area contributed by atoms with Crippen LogP contribution in [-0.4, -0.2) is 20.6 Å². The molecule has 1 aliphatic rings. The van der Waals surface area contributed by atoms with Crippen LogP contribution in [0.3, 0.4) is 0 Å². The van der Waals surface area contributed by atoms with Gasteiger partial charge in [-0.1, -0.05) is 48.0 Å². The van der Waals surface area contributed by atoms with Crippen molar-refractivity contribution in [2.45, 2.75) is 13.1 Å². The van der Waals surface area contributed by atoms with Gasteiger partial charge in [0.25, 0.3) is 11.1 Å². The van der Waals surface area contributed by atoms with Crippen LogP contribution in [0.25, 0.3) is 17.0 Å². The molecule has 34 heavy (non-hydrogen) atoms. The number of carbonyl (C=O) groups is 2. The van der Waals surface area contributed by atoms with E-state index in [1.807, 2.05) is 35.0 Å². The maximum atomic E-state index is 13.4. The van der Waals surface area contributed by atoms with Crippen LogP contribution in [-0.2, 0) is 17.9 Å². The van der Waals surface area contributed by atoms with Crippen LogP contribution in [0.1, 0.15) is 16.7 Å². The highest BCUT2D eigenvalue weighted by Gasteiger charge is 2.35. The Bertz CT molecular complexity index is 1460. The highest BCUT2D eigenvalue weighted by atomic mass is 35.5. The first-order valence-corrected chi connectivity index (χ1v) is 11.6. The van der Waals surface area contributed by atoms with E-state index >= 15 is 0 Å². The number of nitrogens with zero attached hydrogens (tertiary/aromatic N) is 2. The van der Waals surface area contributed by atoms with Crippen molar-refractivity contribution in [3.05, 3.63) is 111 Å². The minimum atomic E-state index is -0.400. The molecule has 4 aromatic rings. The fraction of sp³-hybridized carbons (Fsp3) is 0.0769. The van der Waals surface area contributed by atoms with Gasteiger partial charge in [0.05, 0.1) is 11.4 Å². The first-order valence-electron chi connectivity index (χ1n) is 10.4. The molecule has 0 radical (unpaired) electrons. The van der Waals surface area contributed by atoms with E-state index in [0.717, 1.165) is 38.7 Å². The molecule has 170 valence electrons. The van der Waals surface area contributed by atoms with Crippen molar-refractivity contribution in [1.29, 1.82) is 0 Å². The maximum Gasteiger partial charge on any atom is 0.293 e. The quantitative estimate of drug-likeness (QED) is 0.285. The van der Waals surface area contributed by atoms with Gasteiger partial charge in [0.15, 0.2) is 0 Å². The summed E-state index contributed by atoms with van der Waals surface area (Å²) in [5, 5.41) is 0.870. The standard InChI is InChI=1S/C26H17ClF2N2O2S/c27-22-12-20(29)10-7-17(22)14-30-15-18(21-3-1-2-4-23(21)30)11-24-25(32)31(26(33)34-24)13-16-5-8-19(28)9-6-16/h1-12,15H,13-14H2/b24-11-. The molecule has 1 aromatic heterocycles. The fourth-order valence-corrected chi connectivity index (χ4v) is 4.96. The number of fused-ring (bicyclic) bond motifs is 1. The average molecular weight is 495 g/mol. The monoisotopic (exact) mass is 494 g/mol. The van der Waals surface area contributed by atoms with Crippen molar-refractivity contribution in [3.8, 4) is 0 Å². The van der Waals surface area contributed by atoms with Crippen LogP contribution >= 0.6 is 23.4 Å². The lowest BCUT2D eigenvalue weighted by Crippen LogP contribution is -2.27. The highest BCUT2D eigenvalue weighted by Crippen LogP contribution is 2.35. The largest absolute Gasteiger partial charge is 0.342 e. The Kier molecular flexibility index (Phi) is 5.98. The number of amides is 2. The molecule has 4 nitrogen and oxygen atoms in total. The summed E-state index contributed by atoms with van der Waals surface area (Å²) < 4.78 is 28.6. The van der Waals surface area contributed by atoms with E-state index in [4.69, 9.17) is 11.6 Å². The number of carbonyl (C=O) groups excluding carboxylic acids is 2. The number of benzene rings is 3. The molecule has 5 rings (SSSR count). The van der Waals surface area contributed by atoms with E-state index in [0.29, 0.717) is 22.0 Å². The zero-order valence-electron chi connectivity index (χ0n) is 17.7. The molecule has 0 atom stereocenters. The van der Waals surface area contributed by atoms with Crippen LogP contribution in [0.5, 0.6) is 0 Å². The van der Waals surface area contributed by atoms with Gasteiger partial charge < -0.3 is 4.57 Å². The van der Waals surface area contributed by atoms with Gasteiger partial charge in [0.2, 0.25) is 0 Å². The molecule has 0 bridgehead atoms. The van der Waals surface area contributed by atoms with Crippen LogP contribution in [0.2, 0.25) is 5.02 Å². The third kappa shape index (κ3) is 4.36. The number of hydrogen-bond acceptors (Lipinski definition) is 3. The van der Waals surface area contributed by atoms with Crippen molar-refractivity contribution in [1.82, 2.24) is 9.47 Å². The van der Waals surface area contributed by atoms with Gasteiger partial charge >= 0.3 is 0 Å². The van der Waals surface area contributed by atoms with Crippen molar-refractivity contribution in [2.24, 2.45) is 0 Å². The third-order valence-corrected chi connectivity index (χ3v) is 6.85. The SMILES string of the molecule is O=C1S/C(=C\c2cn(Cc3ccc(F)cc3Cl)c3ccccc23)C(=O)N1Cc1ccc(F)cc1. The minimum absolute atomic E-state index is 0.0765. The van der Waals surface area contributed by atoms with Crippen LogP contribution < -0.4 is 0 Å². The molecular formula is C26H17ClF2N2O2S. The third-order valence-electron chi connectivity index (χ3n) is 5.59. The fourth-order valence-electron chi connectivity index (χ4n) is 3.90. The Labute approximate surface area is 203 Å². The number of aromatic nitrogens is 1. The Morgan fingerprint density at radius 3 is 2.41 bits per heavy atom. The first kappa shape index (κ1) is 22.4. The number of thioether (sulfide) groups is 1. The lowest BCUT2D eigenvalue weighted by atomic mass is 10.1. The summed E-state index contributed by atoms with van der Waals surface area (Å²) in [6.07, 6.45) is 3.60. The zero-order chi connectivity index (χ0) is 23.8. The summed E-state index contributed by atoms with van der Waals surface area (Å²) in [5.74, 6) is -1.17. The van der Waals surface area contributed by atoms with Gasteiger partial charge in [-0.25, -0.2) is 8.78 Å². The second-order valence-electron chi connectivity index (χ2n) is 7.86. The summed E-state index contributed by atoms with van der Waals surface area (Å²) in [6, 6.07) is 17.7. The van der Waals surface area contributed by atoms with Gasteiger partial charge in [0.1, 0.15) is 11.6 Å². The number of rotatable bonds is 5. The molecule has 0 unspecified atom stereocenters. The first-order chi connectivity index (χ1) is 16.4. The van der Waals surface area contributed by atoms with Gasteiger partial charge in [0, 0.05) is 34.2 Å². The topological polar surface area (TPSA) is 42.3 Å². The van der Waals surface area contributed by atoms with E-state index in [2.05, 4.69) is 0 Å². The van der Waals surface area contributed by atoms with Gasteiger partial charge in [-0.15, -0.1) is 0 Å². The average Bonchev–Trinajstić information content (AvgIpc) is 3.29. The molecule has 8 heteroatoms. The molecule has 0 aliphatic carbocycles. The Morgan fingerprint density at radius 1 is 0.912 bits per heavy atom. The van der Waals surface area contributed by atoms with Gasteiger partial charge in [-0.2, -0.15) is 0 Å². The normalized spacial score (nSPS) is 15.1. The van der Waals surface area contributed by atoms with Crippen molar-refractivity contribution in [2.75, 3.05) is 0 Å². The van der Waals surface area contributed by atoms with Crippen molar-refractivity contribution in [3.63, 3.8) is 0 Å². The van der Waals surface area contributed by atoms with E-state index in [-0.39, 0.29) is 17.6 Å². The van der Waals surface area contributed by atoms with Crippen molar-refractivity contribution >= 4 is 51.5 Å². The highest BCUT2D eigenvalue weighted by molar-refractivity contribution is 8.18. The summed E-state index contributed by atoms with van der Waals surface area (Å²) >= 11 is 7.10. The lowest BCUT2D eigenvalue weighted by Gasteiger charge is -2.12.